The molecule has 0 spiro atoms. The lowest BCUT2D eigenvalue weighted by Crippen LogP contribution is -2.30. The third kappa shape index (κ3) is 6.51. The second-order valence-electron chi connectivity index (χ2n) is 2.09. The summed E-state index contributed by atoms with van der Waals surface area (Å²) in [6.45, 7) is 1.57. The first-order valence-corrected chi connectivity index (χ1v) is 3.74. The van der Waals surface area contributed by atoms with Gasteiger partial charge < -0.3 is 14.2 Å². The summed E-state index contributed by atoms with van der Waals surface area (Å²) in [5.74, 6) is 0. The van der Waals surface area contributed by atoms with Crippen LogP contribution in [0.15, 0.2) is 0 Å². The predicted octanol–water partition coefficient (Wildman–Crippen LogP) is -0.227. The first-order valence-electron chi connectivity index (χ1n) is 3.74. The summed E-state index contributed by atoms with van der Waals surface area (Å²) >= 11 is 0. The molecular formula is C7H17NO4. The molecule has 0 aliphatic carbocycles. The molecule has 0 bridgehead atoms. The van der Waals surface area contributed by atoms with Crippen LogP contribution in [-0.4, -0.2) is 47.4 Å². The number of hydroxylamine groups is 1. The molecule has 0 aromatic carbocycles. The van der Waals surface area contributed by atoms with Gasteiger partial charge in [-0.25, -0.2) is 0 Å². The number of hydrogen-bond acceptors (Lipinski definition) is 5. The quantitative estimate of drug-likeness (QED) is 0.317. The molecule has 0 atom stereocenters. The van der Waals surface area contributed by atoms with Gasteiger partial charge in [0, 0.05) is 21.3 Å². The second-order valence-corrected chi connectivity index (χ2v) is 2.09. The van der Waals surface area contributed by atoms with E-state index in [1.807, 2.05) is 0 Å². The molecule has 74 valence electrons. The molecule has 12 heavy (non-hydrogen) atoms. The van der Waals surface area contributed by atoms with Gasteiger partial charge in [-0.2, -0.15) is 5.48 Å². The van der Waals surface area contributed by atoms with Crippen molar-refractivity contribution in [1.29, 1.82) is 0 Å². The van der Waals surface area contributed by atoms with Gasteiger partial charge in [-0.15, -0.1) is 0 Å². The molecular weight excluding hydrogens is 162 g/mol. The molecule has 0 aromatic rings. The Morgan fingerprint density at radius 1 is 1.08 bits per heavy atom. The summed E-state index contributed by atoms with van der Waals surface area (Å²) in [4.78, 5) is 4.97. The zero-order valence-electron chi connectivity index (χ0n) is 7.83. The van der Waals surface area contributed by atoms with Crippen LogP contribution in [0.2, 0.25) is 0 Å². The first-order chi connectivity index (χ1) is 5.85. The van der Waals surface area contributed by atoms with Crippen LogP contribution in [0.3, 0.4) is 0 Å². The van der Waals surface area contributed by atoms with Gasteiger partial charge in [0.05, 0.1) is 19.8 Å². The van der Waals surface area contributed by atoms with Crippen molar-refractivity contribution in [3.05, 3.63) is 0 Å². The second kappa shape index (κ2) is 8.89. The van der Waals surface area contributed by atoms with Crippen LogP contribution in [-0.2, 0) is 19.0 Å². The lowest BCUT2D eigenvalue weighted by atomic mass is 10.6. The van der Waals surface area contributed by atoms with Crippen molar-refractivity contribution in [2.24, 2.45) is 0 Å². The fourth-order valence-corrected chi connectivity index (χ4v) is 0.587. The van der Waals surface area contributed by atoms with Crippen LogP contribution in [0, 0.1) is 0 Å². The first kappa shape index (κ1) is 11.8. The van der Waals surface area contributed by atoms with Crippen molar-refractivity contribution in [3.8, 4) is 0 Å². The number of rotatable bonds is 8. The van der Waals surface area contributed by atoms with Crippen LogP contribution in [0.1, 0.15) is 0 Å². The lowest BCUT2D eigenvalue weighted by molar-refractivity contribution is -0.123. The van der Waals surface area contributed by atoms with E-state index in [1.165, 1.54) is 0 Å². The van der Waals surface area contributed by atoms with E-state index in [9.17, 15) is 0 Å². The van der Waals surface area contributed by atoms with Crippen LogP contribution in [0.4, 0.5) is 0 Å². The Balaban J connectivity index is 3.06. The largest absolute Gasteiger partial charge is 0.382 e. The van der Waals surface area contributed by atoms with E-state index in [-0.39, 0.29) is 6.29 Å². The highest BCUT2D eigenvalue weighted by molar-refractivity contribution is 4.40. The van der Waals surface area contributed by atoms with Crippen molar-refractivity contribution < 1.29 is 19.0 Å². The summed E-state index contributed by atoms with van der Waals surface area (Å²) < 4.78 is 14.6. The highest BCUT2D eigenvalue weighted by atomic mass is 16.7. The van der Waals surface area contributed by atoms with E-state index in [0.29, 0.717) is 19.8 Å². The van der Waals surface area contributed by atoms with Crippen molar-refractivity contribution >= 4 is 0 Å². The molecule has 0 aromatic heterocycles. The Morgan fingerprint density at radius 2 is 1.75 bits per heavy atom. The van der Waals surface area contributed by atoms with Gasteiger partial charge in [0.25, 0.3) is 0 Å². The van der Waals surface area contributed by atoms with Gasteiger partial charge >= 0.3 is 0 Å². The summed E-state index contributed by atoms with van der Waals surface area (Å²) in [5.41, 5.74) is 2.69. The Hall–Kier alpha value is -0.200. The molecule has 0 amide bonds. The van der Waals surface area contributed by atoms with E-state index in [4.69, 9.17) is 19.0 Å². The minimum atomic E-state index is -0.271. The predicted molar refractivity (Wildman–Crippen MR) is 43.6 cm³/mol. The molecule has 0 heterocycles. The van der Waals surface area contributed by atoms with E-state index in [0.717, 1.165) is 0 Å². The Morgan fingerprint density at radius 3 is 2.25 bits per heavy atom. The summed E-state index contributed by atoms with van der Waals surface area (Å²) in [5, 5.41) is 0. The molecule has 1 N–H and O–H groups in total. The lowest BCUT2D eigenvalue weighted by Gasteiger charge is -2.13. The topological polar surface area (TPSA) is 49.0 Å². The fourth-order valence-electron chi connectivity index (χ4n) is 0.587. The number of hydrogen-bond donors (Lipinski definition) is 1. The monoisotopic (exact) mass is 179 g/mol. The van der Waals surface area contributed by atoms with Crippen LogP contribution in [0.5, 0.6) is 0 Å². The maximum absolute atomic E-state index is 4.97. The van der Waals surface area contributed by atoms with Crippen LogP contribution < -0.4 is 5.48 Å². The highest BCUT2D eigenvalue weighted by Gasteiger charge is 2.02. The maximum atomic E-state index is 4.97. The average molecular weight is 179 g/mol. The number of methoxy groups -OCH3 is 3. The molecule has 0 saturated carbocycles. The standard InChI is InChI=1S/C7H17NO4/c1-9-4-5-12-8-6-7(10-2)11-3/h7-8H,4-6H2,1-3H3. The fraction of sp³-hybridized carbons (Fsp3) is 1.00. The zero-order chi connectivity index (χ0) is 9.23. The smallest absolute Gasteiger partial charge is 0.171 e. The molecule has 0 saturated heterocycles. The minimum absolute atomic E-state index is 0.271. The zero-order valence-corrected chi connectivity index (χ0v) is 7.83. The molecule has 0 unspecified atom stereocenters. The van der Waals surface area contributed by atoms with Gasteiger partial charge in [-0.05, 0) is 0 Å². The van der Waals surface area contributed by atoms with Crippen molar-refractivity contribution in [2.45, 2.75) is 6.29 Å². The molecule has 0 aliphatic heterocycles. The average Bonchev–Trinajstić information content (AvgIpc) is 2.11. The van der Waals surface area contributed by atoms with Crippen molar-refractivity contribution in [1.82, 2.24) is 5.48 Å². The summed E-state index contributed by atoms with van der Waals surface area (Å²) in [6.07, 6.45) is -0.271. The van der Waals surface area contributed by atoms with Crippen molar-refractivity contribution in [2.75, 3.05) is 41.1 Å². The van der Waals surface area contributed by atoms with Gasteiger partial charge in [0.2, 0.25) is 0 Å². The van der Waals surface area contributed by atoms with Gasteiger partial charge in [0.15, 0.2) is 6.29 Å². The van der Waals surface area contributed by atoms with E-state index < -0.39 is 0 Å². The molecule has 0 radical (unpaired) electrons. The SMILES string of the molecule is COCCONCC(OC)OC. The summed E-state index contributed by atoms with van der Waals surface area (Å²) in [6, 6.07) is 0. The molecule has 0 fully saturated rings. The molecule has 5 nitrogen and oxygen atoms in total. The third-order valence-corrected chi connectivity index (χ3v) is 1.27. The molecule has 5 heteroatoms. The maximum Gasteiger partial charge on any atom is 0.171 e. The molecule has 0 aliphatic rings. The Bertz CT molecular complexity index is 87.5. The van der Waals surface area contributed by atoms with Gasteiger partial charge in [0.1, 0.15) is 0 Å². The molecule has 0 rings (SSSR count). The Labute approximate surface area is 72.9 Å². The number of ether oxygens (including phenoxy) is 3. The normalized spacial score (nSPS) is 11.0. The summed E-state index contributed by atoms with van der Waals surface area (Å²) in [7, 11) is 4.77. The number of nitrogens with one attached hydrogen (secondary N) is 1. The third-order valence-electron chi connectivity index (χ3n) is 1.27. The Kier molecular flexibility index (Phi) is 8.74. The van der Waals surface area contributed by atoms with Gasteiger partial charge in [-0.3, -0.25) is 4.84 Å². The van der Waals surface area contributed by atoms with E-state index >= 15 is 0 Å². The minimum Gasteiger partial charge on any atom is -0.382 e. The van der Waals surface area contributed by atoms with E-state index in [1.54, 1.807) is 21.3 Å². The highest BCUT2D eigenvalue weighted by Crippen LogP contribution is 1.86. The van der Waals surface area contributed by atoms with Crippen LogP contribution >= 0.6 is 0 Å². The van der Waals surface area contributed by atoms with Crippen LogP contribution in [0.25, 0.3) is 0 Å². The van der Waals surface area contributed by atoms with Crippen molar-refractivity contribution in [3.63, 3.8) is 0 Å². The van der Waals surface area contributed by atoms with Gasteiger partial charge in [-0.1, -0.05) is 0 Å². The van der Waals surface area contributed by atoms with E-state index in [2.05, 4.69) is 5.48 Å².